The van der Waals surface area contributed by atoms with E-state index in [-0.39, 0.29) is 5.41 Å². The van der Waals surface area contributed by atoms with Gasteiger partial charge < -0.3 is 10.2 Å². The lowest BCUT2D eigenvalue weighted by Gasteiger charge is -2.16. The van der Waals surface area contributed by atoms with Crippen molar-refractivity contribution in [1.82, 2.24) is 4.90 Å². The highest BCUT2D eigenvalue weighted by Crippen LogP contribution is 2.54. The minimum atomic E-state index is -1.11. The molecule has 1 spiro atoms. The molecule has 0 aromatic rings. The molecule has 2 N–H and O–H groups in total. The van der Waals surface area contributed by atoms with Crippen LogP contribution in [-0.4, -0.2) is 39.8 Å². The molecular formula is C8H11NO4. The quantitative estimate of drug-likeness (QED) is 0.627. The van der Waals surface area contributed by atoms with E-state index in [2.05, 4.69) is 0 Å². The molecule has 1 aliphatic carbocycles. The Bertz CT molecular complexity index is 247. The van der Waals surface area contributed by atoms with Crippen LogP contribution in [0.5, 0.6) is 0 Å². The second-order valence-corrected chi connectivity index (χ2v) is 3.97. The van der Waals surface area contributed by atoms with Gasteiger partial charge in [0.05, 0.1) is 0 Å². The van der Waals surface area contributed by atoms with Crippen LogP contribution in [0.15, 0.2) is 0 Å². The van der Waals surface area contributed by atoms with Gasteiger partial charge in [-0.2, -0.15) is 0 Å². The van der Waals surface area contributed by atoms with E-state index in [1.165, 1.54) is 0 Å². The van der Waals surface area contributed by atoms with Gasteiger partial charge in [-0.3, -0.25) is 4.90 Å². The predicted octanol–water partition coefficient (Wildman–Crippen LogP) is 0.604. The summed E-state index contributed by atoms with van der Waals surface area (Å²) in [4.78, 5) is 22.5. The Balaban J connectivity index is 2.16. The first-order valence-electron chi connectivity index (χ1n) is 4.26. The smallest absolute Gasteiger partial charge is 0.408 e. The fourth-order valence-electron chi connectivity index (χ4n) is 2.02. The third kappa shape index (κ3) is 1.24. The topological polar surface area (TPSA) is 77.8 Å². The van der Waals surface area contributed by atoms with Crippen LogP contribution >= 0.6 is 0 Å². The summed E-state index contributed by atoms with van der Waals surface area (Å²) in [7, 11) is 0. The summed E-state index contributed by atoms with van der Waals surface area (Å²) in [6, 6.07) is -0.819. The van der Waals surface area contributed by atoms with Crippen LogP contribution in [0.2, 0.25) is 0 Å². The predicted molar refractivity (Wildman–Crippen MR) is 42.4 cm³/mol. The van der Waals surface area contributed by atoms with Crippen LogP contribution in [0.25, 0.3) is 0 Å². The molecular weight excluding hydrogens is 174 g/mol. The zero-order chi connectivity index (χ0) is 9.64. The summed E-state index contributed by atoms with van der Waals surface area (Å²) in [5.41, 5.74) is 0.0153. The molecule has 5 nitrogen and oxygen atoms in total. The number of carbonyl (C=O) groups is 2. The maximum absolute atomic E-state index is 10.7. The summed E-state index contributed by atoms with van der Waals surface area (Å²) >= 11 is 0. The summed E-state index contributed by atoms with van der Waals surface area (Å²) < 4.78 is 0. The van der Waals surface area contributed by atoms with E-state index in [9.17, 15) is 9.59 Å². The van der Waals surface area contributed by atoms with E-state index in [1.807, 2.05) is 0 Å². The summed E-state index contributed by atoms with van der Waals surface area (Å²) in [5, 5.41) is 17.5. The molecule has 1 saturated heterocycles. The van der Waals surface area contributed by atoms with Crippen molar-refractivity contribution in [3.63, 3.8) is 0 Å². The monoisotopic (exact) mass is 185 g/mol. The molecule has 0 aromatic heterocycles. The summed E-state index contributed by atoms with van der Waals surface area (Å²) in [6.07, 6.45) is 1.33. The van der Waals surface area contributed by atoms with Crippen LogP contribution in [0.4, 0.5) is 4.79 Å². The van der Waals surface area contributed by atoms with Crippen molar-refractivity contribution < 1.29 is 19.8 Å². The number of carboxylic acids is 1. The lowest BCUT2D eigenvalue weighted by molar-refractivity contribution is -0.141. The first-order chi connectivity index (χ1) is 6.04. The van der Waals surface area contributed by atoms with Gasteiger partial charge in [0.15, 0.2) is 0 Å². The Kier molecular flexibility index (Phi) is 1.52. The zero-order valence-corrected chi connectivity index (χ0v) is 7.06. The maximum atomic E-state index is 10.7. The third-order valence-electron chi connectivity index (χ3n) is 3.00. The molecule has 1 unspecified atom stereocenters. The van der Waals surface area contributed by atoms with E-state index in [4.69, 9.17) is 10.2 Å². The molecule has 1 saturated carbocycles. The molecule has 1 aliphatic heterocycles. The van der Waals surface area contributed by atoms with Crippen LogP contribution in [-0.2, 0) is 4.79 Å². The van der Waals surface area contributed by atoms with Crippen LogP contribution in [0.3, 0.4) is 0 Å². The number of aliphatic carboxylic acids is 1. The molecule has 0 aromatic carbocycles. The molecule has 2 rings (SSSR count). The SMILES string of the molecule is O=C(O)C1CC2(CC2)CN1C(=O)O. The minimum absolute atomic E-state index is 0.0153. The average Bonchev–Trinajstić information content (AvgIpc) is 2.60. The number of hydrogen-bond acceptors (Lipinski definition) is 2. The highest BCUT2D eigenvalue weighted by molar-refractivity contribution is 5.80. The molecule has 1 atom stereocenters. The molecule has 72 valence electrons. The number of rotatable bonds is 1. The standard InChI is InChI=1S/C8H11NO4/c10-6(11)5-3-8(1-2-8)4-9(5)7(12)13/h5H,1-4H2,(H,10,11)(H,12,13). The molecule has 13 heavy (non-hydrogen) atoms. The first-order valence-corrected chi connectivity index (χ1v) is 4.26. The van der Waals surface area contributed by atoms with E-state index in [0.29, 0.717) is 13.0 Å². The molecule has 0 bridgehead atoms. The molecule has 5 heteroatoms. The lowest BCUT2D eigenvalue weighted by atomic mass is 10.0. The van der Waals surface area contributed by atoms with E-state index in [1.54, 1.807) is 0 Å². The molecule has 1 heterocycles. The van der Waals surface area contributed by atoms with Gasteiger partial charge in [0.1, 0.15) is 6.04 Å². The third-order valence-corrected chi connectivity index (χ3v) is 3.00. The van der Waals surface area contributed by atoms with Crippen LogP contribution in [0.1, 0.15) is 19.3 Å². The molecule has 2 aliphatic rings. The van der Waals surface area contributed by atoms with Gasteiger partial charge in [0.2, 0.25) is 0 Å². The normalized spacial score (nSPS) is 29.2. The average molecular weight is 185 g/mol. The Hall–Kier alpha value is -1.26. The number of carboxylic acid groups (broad SMARTS) is 2. The van der Waals surface area contributed by atoms with Crippen molar-refractivity contribution in [3.05, 3.63) is 0 Å². The van der Waals surface area contributed by atoms with Gasteiger partial charge in [0, 0.05) is 6.54 Å². The fourth-order valence-corrected chi connectivity index (χ4v) is 2.02. The van der Waals surface area contributed by atoms with Crippen molar-refractivity contribution in [2.45, 2.75) is 25.3 Å². The van der Waals surface area contributed by atoms with Crippen molar-refractivity contribution in [2.24, 2.45) is 5.41 Å². The van der Waals surface area contributed by atoms with Crippen LogP contribution < -0.4 is 0 Å². The highest BCUT2D eigenvalue weighted by atomic mass is 16.4. The first kappa shape index (κ1) is 8.34. The number of likely N-dealkylation sites (tertiary alicyclic amines) is 1. The molecule has 1 amide bonds. The van der Waals surface area contributed by atoms with Gasteiger partial charge in [-0.05, 0) is 24.7 Å². The Morgan fingerprint density at radius 1 is 1.31 bits per heavy atom. The van der Waals surface area contributed by atoms with Crippen molar-refractivity contribution >= 4 is 12.1 Å². The largest absolute Gasteiger partial charge is 0.480 e. The van der Waals surface area contributed by atoms with Gasteiger partial charge in [0.25, 0.3) is 0 Å². The molecule has 2 fully saturated rings. The fraction of sp³-hybridized carbons (Fsp3) is 0.750. The minimum Gasteiger partial charge on any atom is -0.480 e. The number of nitrogens with zero attached hydrogens (tertiary/aromatic N) is 1. The van der Waals surface area contributed by atoms with Gasteiger partial charge in [-0.1, -0.05) is 0 Å². The Morgan fingerprint density at radius 3 is 2.23 bits per heavy atom. The van der Waals surface area contributed by atoms with E-state index < -0.39 is 18.1 Å². The second kappa shape index (κ2) is 2.37. The number of hydrogen-bond donors (Lipinski definition) is 2. The van der Waals surface area contributed by atoms with Crippen molar-refractivity contribution in [1.29, 1.82) is 0 Å². The van der Waals surface area contributed by atoms with E-state index in [0.717, 1.165) is 17.7 Å². The highest BCUT2D eigenvalue weighted by Gasteiger charge is 2.55. The van der Waals surface area contributed by atoms with Gasteiger partial charge >= 0.3 is 12.1 Å². The zero-order valence-electron chi connectivity index (χ0n) is 7.06. The number of amides is 1. The Labute approximate surface area is 75.0 Å². The maximum Gasteiger partial charge on any atom is 0.408 e. The van der Waals surface area contributed by atoms with Crippen molar-refractivity contribution in [2.75, 3.05) is 6.54 Å². The molecule has 0 radical (unpaired) electrons. The Morgan fingerprint density at radius 2 is 1.92 bits per heavy atom. The summed E-state index contributed by atoms with van der Waals surface area (Å²) in [5.74, 6) is -1.02. The summed E-state index contributed by atoms with van der Waals surface area (Å²) in [6.45, 7) is 0.402. The van der Waals surface area contributed by atoms with Crippen molar-refractivity contribution in [3.8, 4) is 0 Å². The lowest BCUT2D eigenvalue weighted by Crippen LogP contribution is -2.39. The second-order valence-electron chi connectivity index (χ2n) is 3.97. The van der Waals surface area contributed by atoms with Crippen LogP contribution in [0, 0.1) is 5.41 Å². The van der Waals surface area contributed by atoms with Gasteiger partial charge in [-0.15, -0.1) is 0 Å². The van der Waals surface area contributed by atoms with Gasteiger partial charge in [-0.25, -0.2) is 9.59 Å². The van der Waals surface area contributed by atoms with E-state index >= 15 is 0 Å².